The smallest absolute Gasteiger partial charge is 0.240 e. The summed E-state index contributed by atoms with van der Waals surface area (Å²) in [5.41, 5.74) is 0.346. The van der Waals surface area contributed by atoms with Crippen molar-refractivity contribution in [1.82, 2.24) is 15.0 Å². The Balaban J connectivity index is 1.54. The molecule has 1 aliphatic heterocycles. The van der Waals surface area contributed by atoms with Gasteiger partial charge >= 0.3 is 0 Å². The van der Waals surface area contributed by atoms with Gasteiger partial charge in [-0.15, -0.1) is 0 Å². The van der Waals surface area contributed by atoms with Crippen molar-refractivity contribution in [3.8, 4) is 0 Å². The second-order valence-electron chi connectivity index (χ2n) is 7.51. The van der Waals surface area contributed by atoms with E-state index in [4.69, 9.17) is 4.52 Å². The van der Waals surface area contributed by atoms with Crippen molar-refractivity contribution < 1.29 is 9.63 Å². The first kappa shape index (κ1) is 18.0. The first-order valence-electron chi connectivity index (χ1n) is 9.53. The van der Waals surface area contributed by atoms with Crippen molar-refractivity contribution in [3.05, 3.63) is 47.6 Å². The van der Waals surface area contributed by atoms with Gasteiger partial charge in [-0.05, 0) is 31.1 Å². The van der Waals surface area contributed by atoms with Crippen molar-refractivity contribution in [1.29, 1.82) is 0 Å². The van der Waals surface area contributed by atoms with Crippen LogP contribution in [0.15, 0.2) is 34.9 Å². The molecule has 1 saturated heterocycles. The lowest BCUT2D eigenvalue weighted by molar-refractivity contribution is -0.124. The molecular weight excluding hydrogens is 346 g/mol. The summed E-state index contributed by atoms with van der Waals surface area (Å²) < 4.78 is 5.46. The Hall–Kier alpha value is -1.37. The van der Waals surface area contributed by atoms with Crippen LogP contribution in [0.4, 0.5) is 0 Å². The normalized spacial score (nSPS) is 29.5. The molecule has 2 aliphatic rings. The molecule has 2 heterocycles. The number of piperidine rings is 1. The number of likely N-dealkylation sites (tertiary alicyclic amines) is 1. The topological polar surface area (TPSA) is 62.4 Å². The molecule has 1 aromatic carbocycles. The number of nitrogens with zero attached hydrogens (tertiary/aromatic N) is 3. The second-order valence-corrected chi connectivity index (χ2v) is 8.37. The van der Waals surface area contributed by atoms with Gasteiger partial charge in [-0.3, -0.25) is 4.90 Å². The third kappa shape index (κ3) is 3.42. The highest BCUT2D eigenvalue weighted by Gasteiger charge is 2.49. The number of rotatable bonds is 5. The molecule has 2 fully saturated rings. The molecule has 2 aromatic rings. The van der Waals surface area contributed by atoms with Crippen molar-refractivity contribution >= 4 is 11.8 Å². The number of benzene rings is 1. The average Bonchev–Trinajstić information content (AvgIpc) is 3.12. The Morgan fingerprint density at radius 1 is 1.27 bits per heavy atom. The third-order valence-corrected chi connectivity index (χ3v) is 6.53. The lowest BCUT2D eigenvalue weighted by Crippen LogP contribution is -2.57. The summed E-state index contributed by atoms with van der Waals surface area (Å²) in [6.45, 7) is 1.54. The van der Waals surface area contributed by atoms with Crippen LogP contribution in [0.25, 0.3) is 0 Å². The van der Waals surface area contributed by atoms with Crippen molar-refractivity contribution in [2.45, 2.75) is 56.0 Å². The van der Waals surface area contributed by atoms with Crippen LogP contribution in [0.3, 0.4) is 0 Å². The molecule has 0 bridgehead atoms. The van der Waals surface area contributed by atoms with Gasteiger partial charge < -0.3 is 9.63 Å². The molecule has 1 aromatic heterocycles. The number of thioether (sulfide) groups is 1. The summed E-state index contributed by atoms with van der Waals surface area (Å²) in [7, 11) is 0. The summed E-state index contributed by atoms with van der Waals surface area (Å²) in [6, 6.07) is 10.6. The van der Waals surface area contributed by atoms with Crippen molar-refractivity contribution in [2.24, 2.45) is 5.92 Å². The van der Waals surface area contributed by atoms with Gasteiger partial charge in [0.25, 0.3) is 0 Å². The quantitative estimate of drug-likeness (QED) is 0.864. The number of hydrogen-bond acceptors (Lipinski definition) is 6. The Kier molecular flexibility index (Phi) is 5.34. The van der Waals surface area contributed by atoms with Gasteiger partial charge in [0.1, 0.15) is 0 Å². The molecule has 4 rings (SSSR count). The van der Waals surface area contributed by atoms with E-state index in [2.05, 4.69) is 27.2 Å². The Morgan fingerprint density at radius 2 is 2.08 bits per heavy atom. The van der Waals surface area contributed by atoms with Crippen molar-refractivity contribution in [3.63, 3.8) is 0 Å². The maximum Gasteiger partial charge on any atom is 0.240 e. The van der Waals surface area contributed by atoms with Gasteiger partial charge in [0.05, 0.1) is 17.9 Å². The first-order chi connectivity index (χ1) is 12.7. The van der Waals surface area contributed by atoms with Crippen LogP contribution in [0, 0.1) is 5.92 Å². The fourth-order valence-electron chi connectivity index (χ4n) is 4.77. The van der Waals surface area contributed by atoms with Crippen molar-refractivity contribution in [2.75, 3.05) is 12.8 Å². The zero-order chi connectivity index (χ0) is 18.0. The standard InChI is InChI=1S/C20H27N3O2S/c1-26-14-18-21-19(25-22-18)13-23-12-11-20(24,15-7-3-2-4-8-15)16-9-5-6-10-17(16)23/h2-4,7-8,16-17,24H,5-6,9-14H2,1H3/t16-,17+,20+/m1/s1. The largest absolute Gasteiger partial charge is 0.385 e. The van der Waals surface area contributed by atoms with Crippen LogP contribution in [-0.2, 0) is 17.9 Å². The van der Waals surface area contributed by atoms with Gasteiger partial charge in [0.2, 0.25) is 5.89 Å². The summed E-state index contributed by atoms with van der Waals surface area (Å²) in [6.07, 6.45) is 7.42. The van der Waals surface area contributed by atoms with Gasteiger partial charge in [-0.2, -0.15) is 16.7 Å². The van der Waals surface area contributed by atoms with E-state index in [9.17, 15) is 5.11 Å². The zero-order valence-electron chi connectivity index (χ0n) is 15.3. The van der Waals surface area contributed by atoms with E-state index in [0.717, 1.165) is 42.9 Å². The SMILES string of the molecule is CSCc1noc(CN2CC[C@](O)(c3ccccc3)[C@@H]3CCCC[C@@H]32)n1. The van der Waals surface area contributed by atoms with E-state index >= 15 is 0 Å². The molecular formula is C20H27N3O2S. The average molecular weight is 374 g/mol. The molecule has 3 atom stereocenters. The fourth-order valence-corrected chi connectivity index (χ4v) is 5.14. The Labute approximate surface area is 159 Å². The van der Waals surface area contributed by atoms with Crippen LogP contribution >= 0.6 is 11.8 Å². The van der Waals surface area contributed by atoms with Crippen LogP contribution in [0.1, 0.15) is 49.4 Å². The molecule has 1 saturated carbocycles. The minimum Gasteiger partial charge on any atom is -0.385 e. The number of aromatic nitrogens is 2. The molecule has 0 spiro atoms. The molecule has 0 radical (unpaired) electrons. The predicted molar refractivity (Wildman–Crippen MR) is 103 cm³/mol. The van der Waals surface area contributed by atoms with Crippen LogP contribution in [-0.4, -0.2) is 39.0 Å². The monoisotopic (exact) mass is 373 g/mol. The van der Waals surface area contributed by atoms with Crippen LogP contribution in [0.2, 0.25) is 0 Å². The van der Waals surface area contributed by atoms with Gasteiger partial charge in [0, 0.05) is 18.5 Å². The lowest BCUT2D eigenvalue weighted by Gasteiger charge is -2.52. The van der Waals surface area contributed by atoms with E-state index in [1.807, 2.05) is 24.5 Å². The highest BCUT2D eigenvalue weighted by molar-refractivity contribution is 7.97. The molecule has 1 N–H and O–H groups in total. The van der Waals surface area contributed by atoms with E-state index in [-0.39, 0.29) is 5.92 Å². The predicted octanol–water partition coefficient (Wildman–Crippen LogP) is 3.58. The summed E-state index contributed by atoms with van der Waals surface area (Å²) in [5, 5.41) is 15.7. The highest BCUT2D eigenvalue weighted by Crippen LogP contribution is 2.47. The maximum absolute atomic E-state index is 11.6. The van der Waals surface area contributed by atoms with Gasteiger partial charge in [0.15, 0.2) is 5.82 Å². The van der Waals surface area contributed by atoms with E-state index in [1.165, 1.54) is 12.8 Å². The maximum atomic E-state index is 11.6. The zero-order valence-corrected chi connectivity index (χ0v) is 16.1. The van der Waals surface area contributed by atoms with E-state index < -0.39 is 5.60 Å². The minimum absolute atomic E-state index is 0.265. The molecule has 5 nitrogen and oxygen atoms in total. The number of fused-ring (bicyclic) bond motifs is 1. The number of hydrogen-bond donors (Lipinski definition) is 1. The molecule has 26 heavy (non-hydrogen) atoms. The lowest BCUT2D eigenvalue weighted by atomic mass is 9.66. The Morgan fingerprint density at radius 3 is 2.88 bits per heavy atom. The molecule has 0 amide bonds. The third-order valence-electron chi connectivity index (χ3n) is 5.99. The van der Waals surface area contributed by atoms with E-state index in [1.54, 1.807) is 11.8 Å². The Bertz CT molecular complexity index is 723. The molecule has 0 unspecified atom stereocenters. The fraction of sp³-hybridized carbons (Fsp3) is 0.600. The summed E-state index contributed by atoms with van der Waals surface area (Å²) in [4.78, 5) is 6.98. The molecule has 140 valence electrons. The molecule has 1 aliphatic carbocycles. The first-order valence-corrected chi connectivity index (χ1v) is 10.9. The van der Waals surface area contributed by atoms with Crippen LogP contribution < -0.4 is 0 Å². The van der Waals surface area contributed by atoms with Crippen LogP contribution in [0.5, 0.6) is 0 Å². The minimum atomic E-state index is -0.721. The van der Waals surface area contributed by atoms with Gasteiger partial charge in [-0.1, -0.05) is 48.3 Å². The summed E-state index contributed by atoms with van der Waals surface area (Å²) in [5.74, 6) is 2.51. The molecule has 6 heteroatoms. The van der Waals surface area contributed by atoms with E-state index in [0.29, 0.717) is 18.5 Å². The highest BCUT2D eigenvalue weighted by atomic mass is 32.2. The second kappa shape index (κ2) is 7.71. The summed E-state index contributed by atoms with van der Waals surface area (Å²) >= 11 is 1.70. The number of aliphatic hydroxyl groups is 1. The van der Waals surface area contributed by atoms with Gasteiger partial charge in [-0.25, -0.2) is 0 Å².